The van der Waals surface area contributed by atoms with E-state index in [1.807, 2.05) is 0 Å². The smallest absolute Gasteiger partial charge is 0.396 e. The minimum absolute atomic E-state index is 0.0282. The topological polar surface area (TPSA) is 87.2 Å². The van der Waals surface area contributed by atoms with Gasteiger partial charge in [-0.2, -0.15) is 17.5 Å². The molecule has 2 rings (SSSR count). The monoisotopic (exact) mass is 480 g/mol. The molecule has 0 aliphatic heterocycles. The Morgan fingerprint density at radius 2 is 1.72 bits per heavy atom. The van der Waals surface area contributed by atoms with Crippen molar-refractivity contribution in [1.82, 2.24) is 9.21 Å². The highest BCUT2D eigenvalue weighted by atomic mass is 32.2. The maximum Gasteiger partial charge on any atom is 0.416 e. The first-order valence-corrected chi connectivity index (χ1v) is 12.0. The van der Waals surface area contributed by atoms with E-state index in [0.717, 1.165) is 24.3 Å². The Morgan fingerprint density at radius 1 is 1.12 bits per heavy atom. The molecule has 0 bridgehead atoms. The predicted molar refractivity (Wildman–Crippen MR) is 112 cm³/mol. The zero-order chi connectivity index (χ0) is 23.9. The first-order chi connectivity index (χ1) is 15.0. The van der Waals surface area contributed by atoms with Crippen LogP contribution in [0.25, 0.3) is 0 Å². The number of hydrogen-bond acceptors (Lipinski definition) is 5. The van der Waals surface area contributed by atoms with Gasteiger partial charge in [0.05, 0.1) is 29.6 Å². The first-order valence-electron chi connectivity index (χ1n) is 10.6. The highest BCUT2D eigenvalue weighted by Gasteiger charge is 2.34. The van der Waals surface area contributed by atoms with Gasteiger partial charge in [0.2, 0.25) is 15.9 Å². The zero-order valence-electron chi connectivity index (χ0n) is 18.3. The molecular weight excluding hydrogens is 449 g/mol. The number of carbonyl (C=O) groups is 1. The lowest BCUT2D eigenvalue weighted by molar-refractivity contribution is -0.137. The van der Waals surface area contributed by atoms with E-state index in [-0.39, 0.29) is 42.6 Å². The average Bonchev–Trinajstić information content (AvgIpc) is 2.76. The van der Waals surface area contributed by atoms with Gasteiger partial charge in [-0.25, -0.2) is 8.42 Å². The third kappa shape index (κ3) is 7.16. The van der Waals surface area contributed by atoms with Gasteiger partial charge in [0.15, 0.2) is 0 Å². The fourth-order valence-corrected chi connectivity index (χ4v) is 5.11. The summed E-state index contributed by atoms with van der Waals surface area (Å²) in [6.45, 7) is 0.790. The molecule has 182 valence electrons. The largest absolute Gasteiger partial charge is 0.416 e. The van der Waals surface area contributed by atoms with Gasteiger partial charge in [-0.15, -0.1) is 0 Å². The van der Waals surface area contributed by atoms with Crippen molar-refractivity contribution in [2.75, 3.05) is 33.9 Å². The standard InChI is InChI=1S/C21H31F3N2O5S/c1-25(13-3-14-27)20(28)12-15-31-18-8-6-17(7-9-18)26(2)32(29,30)19-10-4-16(5-11-19)21(22,23)24/h4-5,10-11,17-18,27H,3,6-9,12-15H2,1-2H3. The molecule has 1 fully saturated rings. The molecule has 1 aromatic rings. The van der Waals surface area contributed by atoms with Crippen LogP contribution in [-0.4, -0.2) is 74.6 Å². The third-order valence-corrected chi connectivity index (χ3v) is 7.69. The molecule has 0 heterocycles. The van der Waals surface area contributed by atoms with Crippen molar-refractivity contribution in [3.8, 4) is 0 Å². The molecule has 11 heteroatoms. The van der Waals surface area contributed by atoms with Crippen LogP contribution in [0.4, 0.5) is 13.2 Å². The fraction of sp³-hybridized carbons (Fsp3) is 0.667. The summed E-state index contributed by atoms with van der Waals surface area (Å²) in [6.07, 6.45) is -1.44. The van der Waals surface area contributed by atoms with Crippen LogP contribution in [0.15, 0.2) is 29.2 Å². The lowest BCUT2D eigenvalue weighted by Crippen LogP contribution is -2.40. The van der Waals surface area contributed by atoms with Gasteiger partial charge in [0, 0.05) is 33.3 Å². The van der Waals surface area contributed by atoms with E-state index in [2.05, 4.69) is 0 Å². The third-order valence-electron chi connectivity index (χ3n) is 5.76. The number of alkyl halides is 3. The number of carbonyl (C=O) groups excluding carboxylic acids is 1. The molecule has 1 saturated carbocycles. The first kappa shape index (κ1) is 26.6. The van der Waals surface area contributed by atoms with Crippen LogP contribution >= 0.6 is 0 Å². The molecule has 0 unspecified atom stereocenters. The molecule has 0 atom stereocenters. The minimum atomic E-state index is -4.52. The van der Waals surface area contributed by atoms with E-state index in [0.29, 0.717) is 38.6 Å². The van der Waals surface area contributed by atoms with Gasteiger partial charge < -0.3 is 14.7 Å². The van der Waals surface area contributed by atoms with Crippen LogP contribution < -0.4 is 0 Å². The van der Waals surface area contributed by atoms with Gasteiger partial charge in [-0.05, 0) is 56.4 Å². The summed E-state index contributed by atoms with van der Waals surface area (Å²) in [5.41, 5.74) is -0.894. The number of halogens is 3. The highest BCUT2D eigenvalue weighted by molar-refractivity contribution is 7.89. The Morgan fingerprint density at radius 3 is 2.25 bits per heavy atom. The van der Waals surface area contributed by atoms with Crippen LogP contribution in [0, 0.1) is 0 Å². The SMILES string of the molecule is CN(CCCO)C(=O)CCOC1CCC(N(C)S(=O)(=O)c2ccc(C(F)(F)F)cc2)CC1. The highest BCUT2D eigenvalue weighted by Crippen LogP contribution is 2.32. The molecule has 32 heavy (non-hydrogen) atoms. The van der Waals surface area contributed by atoms with Crippen molar-refractivity contribution in [3.05, 3.63) is 29.8 Å². The second kappa shape index (κ2) is 11.4. The normalized spacial score (nSPS) is 19.8. The Labute approximate surface area is 187 Å². The summed E-state index contributed by atoms with van der Waals surface area (Å²) >= 11 is 0. The lowest BCUT2D eigenvalue weighted by Gasteiger charge is -2.34. The van der Waals surface area contributed by atoms with Gasteiger partial charge in [0.1, 0.15) is 0 Å². The van der Waals surface area contributed by atoms with Crippen molar-refractivity contribution in [1.29, 1.82) is 0 Å². The Kier molecular flexibility index (Phi) is 9.50. The maximum atomic E-state index is 12.8. The number of rotatable bonds is 10. The summed E-state index contributed by atoms with van der Waals surface area (Å²) in [7, 11) is -0.786. The van der Waals surface area contributed by atoms with E-state index in [1.165, 1.54) is 11.4 Å². The minimum Gasteiger partial charge on any atom is -0.396 e. The summed E-state index contributed by atoms with van der Waals surface area (Å²) < 4.78 is 70.8. The predicted octanol–water partition coefficient (Wildman–Crippen LogP) is 2.88. The molecule has 1 aliphatic rings. The van der Waals surface area contributed by atoms with Crippen LogP contribution in [0.3, 0.4) is 0 Å². The Hall–Kier alpha value is -1.69. The van der Waals surface area contributed by atoms with Gasteiger partial charge in [0.25, 0.3) is 0 Å². The van der Waals surface area contributed by atoms with Gasteiger partial charge >= 0.3 is 6.18 Å². The molecule has 1 aliphatic carbocycles. The number of amides is 1. The molecule has 0 saturated heterocycles. The fourth-order valence-electron chi connectivity index (χ4n) is 3.69. The number of sulfonamides is 1. The summed E-state index contributed by atoms with van der Waals surface area (Å²) in [5, 5.41) is 8.81. The van der Waals surface area contributed by atoms with Crippen molar-refractivity contribution in [2.24, 2.45) is 0 Å². The van der Waals surface area contributed by atoms with Gasteiger partial charge in [-0.1, -0.05) is 0 Å². The number of nitrogens with zero attached hydrogens (tertiary/aromatic N) is 2. The number of ether oxygens (including phenoxy) is 1. The maximum absolute atomic E-state index is 12.8. The van der Waals surface area contributed by atoms with E-state index in [4.69, 9.17) is 9.84 Å². The zero-order valence-corrected chi connectivity index (χ0v) is 19.2. The molecule has 1 aromatic carbocycles. The second-order valence-corrected chi connectivity index (χ2v) is 9.98. The molecular formula is C21H31F3N2O5S. The van der Waals surface area contributed by atoms with Crippen molar-refractivity contribution < 1.29 is 36.2 Å². The average molecular weight is 481 g/mol. The molecule has 0 aromatic heterocycles. The molecule has 1 N–H and O–H groups in total. The quantitative estimate of drug-likeness (QED) is 0.557. The summed E-state index contributed by atoms with van der Waals surface area (Å²) in [5.74, 6) is -0.0606. The molecule has 7 nitrogen and oxygen atoms in total. The number of benzene rings is 1. The van der Waals surface area contributed by atoms with Crippen molar-refractivity contribution in [3.63, 3.8) is 0 Å². The van der Waals surface area contributed by atoms with Crippen LogP contribution in [0.5, 0.6) is 0 Å². The molecule has 0 radical (unpaired) electrons. The number of aliphatic hydroxyl groups excluding tert-OH is 1. The number of hydrogen-bond donors (Lipinski definition) is 1. The van der Waals surface area contributed by atoms with Crippen LogP contribution in [0.1, 0.15) is 44.1 Å². The van der Waals surface area contributed by atoms with Gasteiger partial charge in [-0.3, -0.25) is 4.79 Å². The number of aliphatic hydroxyl groups is 1. The van der Waals surface area contributed by atoms with Crippen LogP contribution in [-0.2, 0) is 25.7 Å². The van der Waals surface area contributed by atoms with E-state index >= 15 is 0 Å². The van der Waals surface area contributed by atoms with Crippen molar-refractivity contribution in [2.45, 2.75) is 61.7 Å². The Bertz CT molecular complexity index is 838. The van der Waals surface area contributed by atoms with Crippen molar-refractivity contribution >= 4 is 15.9 Å². The Balaban J connectivity index is 1.82. The summed E-state index contributed by atoms with van der Waals surface area (Å²) in [4.78, 5) is 13.4. The summed E-state index contributed by atoms with van der Waals surface area (Å²) in [6, 6.07) is 3.24. The van der Waals surface area contributed by atoms with E-state index in [9.17, 15) is 26.4 Å². The van der Waals surface area contributed by atoms with E-state index in [1.54, 1.807) is 11.9 Å². The second-order valence-electron chi connectivity index (χ2n) is 7.99. The molecule has 1 amide bonds. The lowest BCUT2D eigenvalue weighted by atomic mass is 9.93. The van der Waals surface area contributed by atoms with E-state index < -0.39 is 21.8 Å². The van der Waals surface area contributed by atoms with Crippen LogP contribution in [0.2, 0.25) is 0 Å². The molecule has 0 spiro atoms.